The zero-order valence-corrected chi connectivity index (χ0v) is 17.3. The highest BCUT2D eigenvalue weighted by molar-refractivity contribution is 5.43. The first-order chi connectivity index (χ1) is 12.9. The van der Waals surface area contributed by atoms with Gasteiger partial charge in [0, 0.05) is 12.0 Å². The fourth-order valence-corrected chi connectivity index (χ4v) is 4.35. The summed E-state index contributed by atoms with van der Waals surface area (Å²) in [4.78, 5) is 0. The Hall–Kier alpha value is -1.32. The summed E-state index contributed by atoms with van der Waals surface area (Å²) < 4.78 is 0. The van der Waals surface area contributed by atoms with Gasteiger partial charge in [0.25, 0.3) is 0 Å². The van der Waals surface area contributed by atoms with Gasteiger partial charge >= 0.3 is 0 Å². The van der Waals surface area contributed by atoms with Gasteiger partial charge in [0.15, 0.2) is 0 Å². The lowest BCUT2D eigenvalue weighted by Crippen LogP contribution is -2.27. The molecule has 1 aromatic rings. The van der Waals surface area contributed by atoms with Gasteiger partial charge in [-0.3, -0.25) is 0 Å². The van der Waals surface area contributed by atoms with E-state index < -0.39 is 0 Å². The molecule has 1 aromatic carbocycles. The van der Waals surface area contributed by atoms with Gasteiger partial charge in [-0.25, -0.2) is 0 Å². The molecule has 0 bridgehead atoms. The predicted octanol–water partition coefficient (Wildman–Crippen LogP) is 5.43. The lowest BCUT2D eigenvalue weighted by atomic mass is 9.71. The van der Waals surface area contributed by atoms with Crippen molar-refractivity contribution in [2.24, 2.45) is 5.92 Å². The van der Waals surface area contributed by atoms with Gasteiger partial charge in [-0.05, 0) is 67.6 Å². The van der Waals surface area contributed by atoms with Crippen LogP contribution in [0, 0.1) is 5.92 Å². The smallest absolute Gasteiger partial charge is 0.119 e. The Morgan fingerprint density at radius 1 is 1.19 bits per heavy atom. The highest BCUT2D eigenvalue weighted by Gasteiger charge is 2.32. The van der Waals surface area contributed by atoms with Gasteiger partial charge in [-0.15, -0.1) is 0 Å². The van der Waals surface area contributed by atoms with Crippen molar-refractivity contribution in [3.05, 3.63) is 41.5 Å². The molecular formula is C24H38O3. The monoisotopic (exact) mass is 374 g/mol. The van der Waals surface area contributed by atoms with Crippen molar-refractivity contribution in [1.29, 1.82) is 0 Å². The Morgan fingerprint density at radius 3 is 2.63 bits per heavy atom. The van der Waals surface area contributed by atoms with E-state index in [0.717, 1.165) is 43.2 Å². The number of phenols is 1. The maximum Gasteiger partial charge on any atom is 0.119 e. The van der Waals surface area contributed by atoms with Crippen LogP contribution in [0.25, 0.3) is 0 Å². The van der Waals surface area contributed by atoms with Crippen LogP contribution in [0.3, 0.4) is 0 Å². The molecule has 0 spiro atoms. The molecule has 152 valence electrons. The average Bonchev–Trinajstić information content (AvgIpc) is 2.64. The molecule has 27 heavy (non-hydrogen) atoms. The highest BCUT2D eigenvalue weighted by Crippen LogP contribution is 2.44. The van der Waals surface area contributed by atoms with Crippen molar-refractivity contribution in [2.45, 2.75) is 89.6 Å². The van der Waals surface area contributed by atoms with E-state index in [1.54, 1.807) is 0 Å². The summed E-state index contributed by atoms with van der Waals surface area (Å²) in [5, 5.41) is 30.1. The van der Waals surface area contributed by atoms with E-state index in [1.165, 1.54) is 12.8 Å². The molecule has 3 atom stereocenters. The SMILES string of the molecule is CCCC/C=C/C(C)(C)c1ccc(C2CC(O)CCC2CCCO)c(O)c1. The van der Waals surface area contributed by atoms with Gasteiger partial charge in [-0.1, -0.05) is 57.9 Å². The lowest BCUT2D eigenvalue weighted by molar-refractivity contribution is 0.0879. The van der Waals surface area contributed by atoms with Gasteiger partial charge in [-0.2, -0.15) is 0 Å². The van der Waals surface area contributed by atoms with Crippen LogP contribution in [-0.2, 0) is 5.41 Å². The van der Waals surface area contributed by atoms with E-state index in [0.29, 0.717) is 18.1 Å². The second-order valence-electron chi connectivity index (χ2n) is 8.74. The lowest BCUT2D eigenvalue weighted by Gasteiger charge is -2.35. The largest absolute Gasteiger partial charge is 0.508 e. The molecule has 1 aliphatic carbocycles. The van der Waals surface area contributed by atoms with E-state index in [-0.39, 0.29) is 24.0 Å². The topological polar surface area (TPSA) is 60.7 Å². The predicted molar refractivity (Wildman–Crippen MR) is 112 cm³/mol. The summed E-state index contributed by atoms with van der Waals surface area (Å²) in [6.45, 7) is 6.76. The summed E-state index contributed by atoms with van der Waals surface area (Å²) in [5.41, 5.74) is 1.94. The Labute approximate surface area is 165 Å². The number of phenolic OH excluding ortho intramolecular Hbond substituents is 1. The third kappa shape index (κ3) is 6.08. The van der Waals surface area contributed by atoms with Crippen LogP contribution in [0.1, 0.15) is 89.2 Å². The summed E-state index contributed by atoms with van der Waals surface area (Å²) in [5.74, 6) is 0.924. The number of benzene rings is 1. The van der Waals surface area contributed by atoms with Gasteiger partial charge in [0.2, 0.25) is 0 Å². The minimum Gasteiger partial charge on any atom is -0.508 e. The van der Waals surface area contributed by atoms with Crippen molar-refractivity contribution in [3.8, 4) is 5.75 Å². The second kappa shape index (κ2) is 10.3. The van der Waals surface area contributed by atoms with E-state index in [1.807, 2.05) is 6.07 Å². The van der Waals surface area contributed by atoms with E-state index >= 15 is 0 Å². The zero-order chi connectivity index (χ0) is 19.9. The zero-order valence-electron chi connectivity index (χ0n) is 17.3. The molecule has 0 aliphatic heterocycles. The van der Waals surface area contributed by atoms with Crippen molar-refractivity contribution < 1.29 is 15.3 Å². The first kappa shape index (κ1) is 22.0. The molecule has 3 unspecified atom stereocenters. The minimum atomic E-state index is -0.294. The normalized spacial score (nSPS) is 23.8. The number of unbranched alkanes of at least 4 members (excludes halogenated alkanes) is 2. The summed E-state index contributed by atoms with van der Waals surface area (Å²) >= 11 is 0. The number of hydrogen-bond donors (Lipinski definition) is 3. The highest BCUT2D eigenvalue weighted by atomic mass is 16.3. The molecule has 0 saturated heterocycles. The molecule has 0 heterocycles. The van der Waals surface area contributed by atoms with Crippen LogP contribution in [0.2, 0.25) is 0 Å². The number of aliphatic hydroxyl groups is 2. The molecule has 3 nitrogen and oxygen atoms in total. The maximum absolute atomic E-state index is 10.8. The number of rotatable bonds is 9. The van der Waals surface area contributed by atoms with Crippen LogP contribution in [-0.4, -0.2) is 28.0 Å². The molecule has 2 rings (SSSR count). The minimum absolute atomic E-state index is 0.119. The van der Waals surface area contributed by atoms with Crippen LogP contribution in [0.5, 0.6) is 5.75 Å². The number of aromatic hydroxyl groups is 1. The fourth-order valence-electron chi connectivity index (χ4n) is 4.35. The molecule has 1 aliphatic rings. The van der Waals surface area contributed by atoms with E-state index in [4.69, 9.17) is 0 Å². The fraction of sp³-hybridized carbons (Fsp3) is 0.667. The molecule has 3 heteroatoms. The number of allylic oxidation sites excluding steroid dienone is 2. The second-order valence-corrected chi connectivity index (χ2v) is 8.74. The first-order valence-corrected chi connectivity index (χ1v) is 10.7. The molecule has 1 saturated carbocycles. The standard InChI is InChI=1S/C24H38O3/c1-4-5-6-7-14-24(2,3)19-11-13-21(23(27)16-19)22-17-20(26)12-10-18(22)9-8-15-25/h7,11,13-14,16,18,20,22,25-27H,4-6,8-10,12,15,17H2,1-3H3/b14-7+. The Morgan fingerprint density at radius 2 is 1.96 bits per heavy atom. The Kier molecular flexibility index (Phi) is 8.37. The van der Waals surface area contributed by atoms with Crippen LogP contribution < -0.4 is 0 Å². The van der Waals surface area contributed by atoms with Crippen molar-refractivity contribution in [3.63, 3.8) is 0 Å². The average molecular weight is 375 g/mol. The van der Waals surface area contributed by atoms with Gasteiger partial charge in [0.05, 0.1) is 6.10 Å². The summed E-state index contributed by atoms with van der Waals surface area (Å²) in [7, 11) is 0. The quantitative estimate of drug-likeness (QED) is 0.399. The molecule has 3 N–H and O–H groups in total. The Balaban J connectivity index is 2.19. The van der Waals surface area contributed by atoms with Crippen molar-refractivity contribution in [1.82, 2.24) is 0 Å². The van der Waals surface area contributed by atoms with Gasteiger partial charge < -0.3 is 15.3 Å². The molecule has 0 amide bonds. The number of aliphatic hydroxyl groups excluding tert-OH is 2. The molecule has 1 fully saturated rings. The number of hydrogen-bond acceptors (Lipinski definition) is 3. The van der Waals surface area contributed by atoms with Gasteiger partial charge in [0.1, 0.15) is 5.75 Å². The van der Waals surface area contributed by atoms with Crippen molar-refractivity contribution >= 4 is 0 Å². The van der Waals surface area contributed by atoms with E-state index in [2.05, 4.69) is 45.1 Å². The molecule has 0 aromatic heterocycles. The summed E-state index contributed by atoms with van der Waals surface area (Å²) in [6, 6.07) is 6.09. The Bertz CT molecular complexity index is 604. The third-order valence-electron chi connectivity index (χ3n) is 6.13. The first-order valence-electron chi connectivity index (χ1n) is 10.7. The van der Waals surface area contributed by atoms with Crippen LogP contribution >= 0.6 is 0 Å². The molecule has 0 radical (unpaired) electrons. The maximum atomic E-state index is 10.8. The van der Waals surface area contributed by atoms with Crippen LogP contribution in [0.4, 0.5) is 0 Å². The van der Waals surface area contributed by atoms with Crippen molar-refractivity contribution in [2.75, 3.05) is 6.61 Å². The third-order valence-corrected chi connectivity index (χ3v) is 6.13. The van der Waals surface area contributed by atoms with Crippen LogP contribution in [0.15, 0.2) is 30.4 Å². The van der Waals surface area contributed by atoms with E-state index in [9.17, 15) is 15.3 Å². The molecular weight excluding hydrogens is 336 g/mol. The summed E-state index contributed by atoms with van der Waals surface area (Å²) in [6.07, 6.45) is 11.9.